The van der Waals surface area contributed by atoms with Crippen LogP contribution < -0.4 is 14.4 Å². The number of aryl methyl sites for hydroxylation is 1. The van der Waals surface area contributed by atoms with Gasteiger partial charge in [0.2, 0.25) is 0 Å². The maximum atomic E-state index is 5.58. The molecule has 0 aromatic heterocycles. The summed E-state index contributed by atoms with van der Waals surface area (Å²) in [5.41, 5.74) is 3.72. The van der Waals surface area contributed by atoms with E-state index in [0.29, 0.717) is 0 Å². The first-order chi connectivity index (χ1) is 12.7. The Morgan fingerprint density at radius 2 is 1.58 bits per heavy atom. The van der Waals surface area contributed by atoms with Crippen LogP contribution in [0.2, 0.25) is 0 Å². The molecular weight excluding hydrogens is 322 g/mol. The topological polar surface area (TPSA) is 21.7 Å². The SMILES string of the molecule is CCCCCCCN(Cc1cc(C)ccc1OC)c1ccc(OC)cc1. The van der Waals surface area contributed by atoms with Crippen LogP contribution in [0.25, 0.3) is 0 Å². The largest absolute Gasteiger partial charge is 0.497 e. The van der Waals surface area contributed by atoms with Crippen LogP contribution in [0.5, 0.6) is 11.5 Å². The van der Waals surface area contributed by atoms with Crippen LogP contribution in [-0.4, -0.2) is 20.8 Å². The van der Waals surface area contributed by atoms with E-state index in [1.54, 1.807) is 14.2 Å². The Morgan fingerprint density at radius 3 is 2.23 bits per heavy atom. The molecule has 0 bridgehead atoms. The summed E-state index contributed by atoms with van der Waals surface area (Å²) in [4.78, 5) is 2.45. The van der Waals surface area contributed by atoms with Crippen molar-refractivity contribution < 1.29 is 9.47 Å². The van der Waals surface area contributed by atoms with E-state index in [2.05, 4.69) is 49.1 Å². The van der Waals surface area contributed by atoms with Crippen LogP contribution in [0.15, 0.2) is 42.5 Å². The molecule has 0 N–H and O–H groups in total. The molecule has 0 fully saturated rings. The zero-order valence-electron chi connectivity index (χ0n) is 16.8. The number of methoxy groups -OCH3 is 2. The number of hydrogen-bond acceptors (Lipinski definition) is 3. The second-order valence-corrected chi connectivity index (χ2v) is 6.85. The molecular formula is C23H33NO2. The molecule has 2 rings (SSSR count). The fraction of sp³-hybridized carbons (Fsp3) is 0.478. The van der Waals surface area contributed by atoms with Gasteiger partial charge in [0.1, 0.15) is 11.5 Å². The van der Waals surface area contributed by atoms with Crippen LogP contribution in [0.4, 0.5) is 5.69 Å². The summed E-state index contributed by atoms with van der Waals surface area (Å²) in [6.45, 7) is 6.29. The van der Waals surface area contributed by atoms with Crippen molar-refractivity contribution in [2.45, 2.75) is 52.5 Å². The number of ether oxygens (including phenoxy) is 2. The van der Waals surface area contributed by atoms with Crippen molar-refractivity contribution in [3.63, 3.8) is 0 Å². The van der Waals surface area contributed by atoms with E-state index in [-0.39, 0.29) is 0 Å². The van der Waals surface area contributed by atoms with Crippen molar-refractivity contribution in [1.82, 2.24) is 0 Å². The number of anilines is 1. The van der Waals surface area contributed by atoms with E-state index in [4.69, 9.17) is 9.47 Å². The van der Waals surface area contributed by atoms with Gasteiger partial charge < -0.3 is 14.4 Å². The van der Waals surface area contributed by atoms with Gasteiger partial charge in [-0.3, -0.25) is 0 Å². The van der Waals surface area contributed by atoms with Crippen molar-refractivity contribution in [3.05, 3.63) is 53.6 Å². The summed E-state index contributed by atoms with van der Waals surface area (Å²) in [5.74, 6) is 1.85. The van der Waals surface area contributed by atoms with Crippen LogP contribution in [-0.2, 0) is 6.54 Å². The molecule has 2 aromatic carbocycles. The monoisotopic (exact) mass is 355 g/mol. The Morgan fingerprint density at radius 1 is 0.846 bits per heavy atom. The summed E-state index contributed by atoms with van der Waals surface area (Å²) in [7, 11) is 3.45. The number of benzene rings is 2. The molecule has 3 nitrogen and oxygen atoms in total. The van der Waals surface area contributed by atoms with Crippen molar-refractivity contribution in [2.75, 3.05) is 25.7 Å². The molecule has 0 saturated carbocycles. The van der Waals surface area contributed by atoms with Gasteiger partial charge in [-0.15, -0.1) is 0 Å². The first kappa shape index (κ1) is 20.2. The Hall–Kier alpha value is -2.16. The molecule has 142 valence electrons. The molecule has 0 radical (unpaired) electrons. The van der Waals surface area contributed by atoms with Gasteiger partial charge in [0, 0.05) is 24.3 Å². The lowest BCUT2D eigenvalue weighted by Gasteiger charge is -2.26. The van der Waals surface area contributed by atoms with Gasteiger partial charge in [-0.2, -0.15) is 0 Å². The van der Waals surface area contributed by atoms with Crippen molar-refractivity contribution >= 4 is 5.69 Å². The molecule has 0 aliphatic carbocycles. The number of unbranched alkanes of at least 4 members (excludes halogenated alkanes) is 4. The molecule has 0 saturated heterocycles. The Kier molecular flexibility index (Phi) is 8.33. The molecule has 0 unspecified atom stereocenters. The van der Waals surface area contributed by atoms with Gasteiger partial charge in [0.15, 0.2) is 0 Å². The highest BCUT2D eigenvalue weighted by molar-refractivity contribution is 5.51. The van der Waals surface area contributed by atoms with E-state index in [1.165, 1.54) is 48.9 Å². The van der Waals surface area contributed by atoms with E-state index in [0.717, 1.165) is 24.6 Å². The molecule has 0 atom stereocenters. The van der Waals surface area contributed by atoms with Crippen LogP contribution in [0.3, 0.4) is 0 Å². The molecule has 26 heavy (non-hydrogen) atoms. The minimum Gasteiger partial charge on any atom is -0.497 e. The smallest absolute Gasteiger partial charge is 0.123 e. The third-order valence-electron chi connectivity index (χ3n) is 4.77. The van der Waals surface area contributed by atoms with Crippen LogP contribution in [0, 0.1) is 6.92 Å². The molecule has 0 heterocycles. The average molecular weight is 356 g/mol. The van der Waals surface area contributed by atoms with Crippen LogP contribution in [0.1, 0.15) is 50.2 Å². The fourth-order valence-corrected chi connectivity index (χ4v) is 3.24. The Labute approximate surface area is 158 Å². The number of rotatable bonds is 11. The predicted octanol–water partition coefficient (Wildman–Crippen LogP) is 5.99. The first-order valence-electron chi connectivity index (χ1n) is 9.70. The summed E-state index contributed by atoms with van der Waals surface area (Å²) >= 11 is 0. The highest BCUT2D eigenvalue weighted by Crippen LogP contribution is 2.26. The van der Waals surface area contributed by atoms with E-state index in [9.17, 15) is 0 Å². The molecule has 2 aromatic rings. The summed E-state index contributed by atoms with van der Waals surface area (Å²) in [6, 6.07) is 14.8. The van der Waals surface area contributed by atoms with Gasteiger partial charge in [-0.1, -0.05) is 50.3 Å². The Bertz CT molecular complexity index is 652. The molecule has 0 amide bonds. The van der Waals surface area contributed by atoms with Crippen molar-refractivity contribution in [3.8, 4) is 11.5 Å². The van der Waals surface area contributed by atoms with Gasteiger partial charge in [0.25, 0.3) is 0 Å². The number of nitrogens with zero attached hydrogens (tertiary/aromatic N) is 1. The maximum Gasteiger partial charge on any atom is 0.123 e. The zero-order valence-corrected chi connectivity index (χ0v) is 16.8. The predicted molar refractivity (Wildman–Crippen MR) is 111 cm³/mol. The van der Waals surface area contributed by atoms with E-state index in [1.807, 2.05) is 12.1 Å². The second-order valence-electron chi connectivity index (χ2n) is 6.85. The molecule has 0 aliphatic heterocycles. The van der Waals surface area contributed by atoms with Gasteiger partial charge in [-0.25, -0.2) is 0 Å². The lowest BCUT2D eigenvalue weighted by Crippen LogP contribution is -2.24. The highest BCUT2D eigenvalue weighted by Gasteiger charge is 2.11. The van der Waals surface area contributed by atoms with Gasteiger partial charge in [0.05, 0.1) is 14.2 Å². The zero-order chi connectivity index (χ0) is 18.8. The molecule has 3 heteroatoms. The second kappa shape index (κ2) is 10.7. The van der Waals surface area contributed by atoms with E-state index < -0.39 is 0 Å². The molecule has 0 spiro atoms. The average Bonchev–Trinajstić information content (AvgIpc) is 2.67. The van der Waals surface area contributed by atoms with E-state index >= 15 is 0 Å². The minimum atomic E-state index is 0.852. The maximum absolute atomic E-state index is 5.58. The number of hydrogen-bond donors (Lipinski definition) is 0. The lowest BCUT2D eigenvalue weighted by molar-refractivity contribution is 0.409. The van der Waals surface area contributed by atoms with Crippen LogP contribution >= 0.6 is 0 Å². The molecule has 0 aliphatic rings. The first-order valence-corrected chi connectivity index (χ1v) is 9.70. The summed E-state index contributed by atoms with van der Waals surface area (Å²) in [5, 5.41) is 0. The van der Waals surface area contributed by atoms with Gasteiger partial charge >= 0.3 is 0 Å². The van der Waals surface area contributed by atoms with Gasteiger partial charge in [-0.05, 0) is 43.7 Å². The summed E-state index contributed by atoms with van der Waals surface area (Å²) in [6.07, 6.45) is 6.42. The quantitative estimate of drug-likeness (QED) is 0.462. The standard InChI is InChI=1S/C23H33NO2/c1-5-6-7-8-9-16-24(21-11-13-22(25-3)14-12-21)18-20-17-19(2)10-15-23(20)26-4/h10-15,17H,5-9,16,18H2,1-4H3. The lowest BCUT2D eigenvalue weighted by atomic mass is 10.1. The Balaban J connectivity index is 2.15. The highest BCUT2D eigenvalue weighted by atomic mass is 16.5. The summed E-state index contributed by atoms with van der Waals surface area (Å²) < 4.78 is 10.9. The third kappa shape index (κ3) is 5.98. The fourth-order valence-electron chi connectivity index (χ4n) is 3.24. The third-order valence-corrected chi connectivity index (χ3v) is 4.77. The normalized spacial score (nSPS) is 10.6. The van der Waals surface area contributed by atoms with Crippen molar-refractivity contribution in [1.29, 1.82) is 0 Å². The minimum absolute atomic E-state index is 0.852. The van der Waals surface area contributed by atoms with Crippen molar-refractivity contribution in [2.24, 2.45) is 0 Å².